The number of ether oxygens (including phenoxy) is 1. The van der Waals surface area contributed by atoms with Gasteiger partial charge in [-0.05, 0) is 24.5 Å². The molecule has 152 valence electrons. The molecule has 0 radical (unpaired) electrons. The average molecular weight is 394 g/mol. The molecule has 0 amide bonds. The highest BCUT2D eigenvalue weighted by Crippen LogP contribution is 2.22. The summed E-state index contributed by atoms with van der Waals surface area (Å²) in [7, 11) is 1.78. The van der Waals surface area contributed by atoms with Gasteiger partial charge in [-0.1, -0.05) is 43.2 Å². The number of carboxylic acid groups (broad SMARTS) is 1. The fourth-order valence-corrected chi connectivity index (χ4v) is 3.22. The number of pyridine rings is 1. The molecule has 0 saturated heterocycles. The van der Waals surface area contributed by atoms with Crippen LogP contribution >= 0.6 is 0 Å². The molecule has 2 aromatic heterocycles. The van der Waals surface area contributed by atoms with Crippen molar-refractivity contribution in [2.75, 3.05) is 5.73 Å². The molecule has 1 aliphatic carbocycles. The summed E-state index contributed by atoms with van der Waals surface area (Å²) in [6, 6.07) is 11.9. The minimum Gasteiger partial charge on any atom is -0.478 e. The first-order valence-corrected chi connectivity index (χ1v) is 9.66. The Bertz CT molecular complexity index is 934. The van der Waals surface area contributed by atoms with Crippen LogP contribution in [0.3, 0.4) is 0 Å². The van der Waals surface area contributed by atoms with E-state index >= 15 is 0 Å². The Labute approximate surface area is 170 Å². The second-order valence-electron chi connectivity index (χ2n) is 7.07. The van der Waals surface area contributed by atoms with Crippen molar-refractivity contribution >= 4 is 11.8 Å². The number of anilines is 1. The molecule has 1 aliphatic rings. The predicted octanol–water partition coefficient (Wildman–Crippen LogP) is 3.91. The first-order chi connectivity index (χ1) is 14.0. The third-order valence-corrected chi connectivity index (χ3v) is 4.82. The van der Waals surface area contributed by atoms with Crippen LogP contribution in [0.5, 0.6) is 0 Å². The van der Waals surface area contributed by atoms with Crippen LogP contribution in [0.4, 0.5) is 5.82 Å². The van der Waals surface area contributed by atoms with Crippen molar-refractivity contribution in [2.45, 2.75) is 38.4 Å². The third kappa shape index (κ3) is 5.89. The number of aromatic nitrogens is 3. The Morgan fingerprint density at radius 3 is 2.55 bits per heavy atom. The third-order valence-electron chi connectivity index (χ3n) is 4.82. The number of nitrogen functional groups attached to an aromatic ring is 1. The molecule has 2 heterocycles. The lowest BCUT2D eigenvalue weighted by Gasteiger charge is -2.10. The average Bonchev–Trinajstić information content (AvgIpc) is 3.40. The van der Waals surface area contributed by atoms with Gasteiger partial charge in [-0.15, -0.1) is 0 Å². The van der Waals surface area contributed by atoms with E-state index in [0.717, 1.165) is 12.2 Å². The van der Waals surface area contributed by atoms with Crippen molar-refractivity contribution in [1.29, 1.82) is 0 Å². The van der Waals surface area contributed by atoms with Crippen molar-refractivity contribution < 1.29 is 14.6 Å². The number of benzene rings is 1. The molecule has 1 fully saturated rings. The zero-order chi connectivity index (χ0) is 20.6. The second-order valence-corrected chi connectivity index (χ2v) is 7.07. The molecule has 3 aromatic rings. The van der Waals surface area contributed by atoms with Gasteiger partial charge in [0.15, 0.2) is 0 Å². The van der Waals surface area contributed by atoms with Gasteiger partial charge in [0.2, 0.25) is 0 Å². The Balaban J connectivity index is 0.000000169. The Kier molecular flexibility index (Phi) is 6.97. The molecule has 0 spiro atoms. The lowest BCUT2D eigenvalue weighted by Crippen LogP contribution is -2.06. The van der Waals surface area contributed by atoms with Gasteiger partial charge < -0.3 is 15.6 Å². The summed E-state index contributed by atoms with van der Waals surface area (Å²) in [5.74, 6) is -1.07. The molecule has 7 heteroatoms. The SMILES string of the molecule is Cn1cc(-c2cnc(N)c(C(=O)O)c2)cn1.c1ccc(COC2CCCC2)cc1. The van der Waals surface area contributed by atoms with Gasteiger partial charge in [0.25, 0.3) is 0 Å². The highest BCUT2D eigenvalue weighted by molar-refractivity contribution is 5.94. The maximum Gasteiger partial charge on any atom is 0.339 e. The Hall–Kier alpha value is -3.19. The number of aromatic carboxylic acids is 1. The number of hydrogen-bond donors (Lipinski definition) is 2. The van der Waals surface area contributed by atoms with Crippen molar-refractivity contribution in [3.63, 3.8) is 0 Å². The lowest BCUT2D eigenvalue weighted by atomic mass is 10.1. The van der Waals surface area contributed by atoms with Crippen LogP contribution in [0.2, 0.25) is 0 Å². The van der Waals surface area contributed by atoms with Crippen LogP contribution in [0.15, 0.2) is 55.0 Å². The van der Waals surface area contributed by atoms with Crippen molar-refractivity contribution in [1.82, 2.24) is 14.8 Å². The van der Waals surface area contributed by atoms with E-state index in [-0.39, 0.29) is 11.4 Å². The van der Waals surface area contributed by atoms with Crippen LogP contribution in [-0.4, -0.2) is 31.9 Å². The molecule has 0 bridgehead atoms. The fourth-order valence-electron chi connectivity index (χ4n) is 3.22. The molecular formula is C22H26N4O3. The van der Waals surface area contributed by atoms with Crippen molar-refractivity contribution in [3.05, 3.63) is 66.1 Å². The van der Waals surface area contributed by atoms with Crippen LogP contribution in [0.1, 0.15) is 41.6 Å². The number of hydrogen-bond acceptors (Lipinski definition) is 5. The van der Waals surface area contributed by atoms with Gasteiger partial charge in [0.05, 0.1) is 18.9 Å². The standard InChI is InChI=1S/C12H16O.C10H10N4O2/c1-2-6-11(7-3-1)10-13-12-8-4-5-9-12;1-14-5-7(4-13-14)6-2-8(10(15)16)9(11)12-3-6/h1-3,6-7,12H,4-5,8-10H2;2-5H,1H3,(H2,11,12)(H,15,16). The van der Waals surface area contributed by atoms with Crippen LogP contribution in [0.25, 0.3) is 11.1 Å². The molecule has 1 saturated carbocycles. The normalized spacial score (nSPS) is 13.7. The molecule has 7 nitrogen and oxygen atoms in total. The van der Waals surface area contributed by atoms with E-state index < -0.39 is 5.97 Å². The number of carboxylic acids is 1. The highest BCUT2D eigenvalue weighted by atomic mass is 16.5. The Morgan fingerprint density at radius 1 is 1.21 bits per heavy atom. The first-order valence-electron chi connectivity index (χ1n) is 9.66. The lowest BCUT2D eigenvalue weighted by molar-refractivity contribution is 0.0457. The van der Waals surface area contributed by atoms with Crippen LogP contribution < -0.4 is 5.73 Å². The summed E-state index contributed by atoms with van der Waals surface area (Å²) in [4.78, 5) is 14.7. The van der Waals surface area contributed by atoms with Gasteiger partial charge >= 0.3 is 5.97 Å². The zero-order valence-electron chi connectivity index (χ0n) is 16.5. The van der Waals surface area contributed by atoms with Crippen molar-refractivity contribution in [3.8, 4) is 11.1 Å². The van der Waals surface area contributed by atoms with Gasteiger partial charge in [-0.25, -0.2) is 9.78 Å². The predicted molar refractivity (Wildman–Crippen MR) is 111 cm³/mol. The smallest absolute Gasteiger partial charge is 0.339 e. The highest BCUT2D eigenvalue weighted by Gasteiger charge is 2.15. The molecule has 0 unspecified atom stereocenters. The van der Waals surface area contributed by atoms with E-state index in [4.69, 9.17) is 15.6 Å². The van der Waals surface area contributed by atoms with E-state index in [1.165, 1.54) is 43.5 Å². The van der Waals surface area contributed by atoms with E-state index in [1.54, 1.807) is 24.1 Å². The Morgan fingerprint density at radius 2 is 1.93 bits per heavy atom. The number of aryl methyl sites for hydroxylation is 1. The van der Waals surface area contributed by atoms with Gasteiger partial charge in [0, 0.05) is 30.6 Å². The minimum atomic E-state index is -1.09. The monoisotopic (exact) mass is 394 g/mol. The molecule has 1 aromatic carbocycles. The van der Waals surface area contributed by atoms with Crippen molar-refractivity contribution in [2.24, 2.45) is 7.05 Å². The van der Waals surface area contributed by atoms with Gasteiger partial charge in [-0.3, -0.25) is 4.68 Å². The first kappa shape index (κ1) is 20.5. The zero-order valence-corrected chi connectivity index (χ0v) is 16.5. The second kappa shape index (κ2) is 9.84. The number of nitrogens with two attached hydrogens (primary N) is 1. The molecule has 0 aliphatic heterocycles. The van der Waals surface area contributed by atoms with E-state index in [9.17, 15) is 4.79 Å². The van der Waals surface area contributed by atoms with Crippen LogP contribution in [-0.2, 0) is 18.4 Å². The molecule has 4 rings (SSSR count). The summed E-state index contributed by atoms with van der Waals surface area (Å²) in [5.41, 5.74) is 8.23. The number of rotatable bonds is 5. The molecular weight excluding hydrogens is 368 g/mol. The molecule has 3 N–H and O–H groups in total. The van der Waals surface area contributed by atoms with Gasteiger partial charge in [-0.2, -0.15) is 5.10 Å². The topological polar surface area (TPSA) is 103 Å². The quantitative estimate of drug-likeness (QED) is 0.680. The summed E-state index contributed by atoms with van der Waals surface area (Å²) in [6.45, 7) is 0.783. The maximum absolute atomic E-state index is 10.9. The summed E-state index contributed by atoms with van der Waals surface area (Å²) in [6.07, 6.45) is 10.7. The van der Waals surface area contributed by atoms with Crippen LogP contribution in [0, 0.1) is 0 Å². The van der Waals surface area contributed by atoms with E-state index in [0.29, 0.717) is 11.7 Å². The molecule has 0 atom stereocenters. The molecule has 29 heavy (non-hydrogen) atoms. The van der Waals surface area contributed by atoms with E-state index in [1.807, 2.05) is 6.07 Å². The largest absolute Gasteiger partial charge is 0.478 e. The number of nitrogens with zero attached hydrogens (tertiary/aromatic N) is 3. The van der Waals surface area contributed by atoms with Gasteiger partial charge in [0.1, 0.15) is 11.4 Å². The fraction of sp³-hybridized carbons (Fsp3) is 0.318. The maximum atomic E-state index is 10.9. The number of carbonyl (C=O) groups is 1. The van der Waals surface area contributed by atoms with E-state index in [2.05, 4.69) is 34.3 Å². The minimum absolute atomic E-state index is 0.00125. The summed E-state index contributed by atoms with van der Waals surface area (Å²) < 4.78 is 7.42. The summed E-state index contributed by atoms with van der Waals surface area (Å²) >= 11 is 0. The summed E-state index contributed by atoms with van der Waals surface area (Å²) in [5, 5.41) is 12.9.